The van der Waals surface area contributed by atoms with Crippen LogP contribution < -0.4 is 10.6 Å². The number of hydrogen-bond donors (Lipinski definition) is 1. The summed E-state index contributed by atoms with van der Waals surface area (Å²) in [7, 11) is 3.51. The van der Waals surface area contributed by atoms with E-state index in [1.807, 2.05) is 23.1 Å². The van der Waals surface area contributed by atoms with E-state index in [1.54, 1.807) is 19.0 Å². The van der Waals surface area contributed by atoms with E-state index in [-0.39, 0.29) is 5.91 Å². The van der Waals surface area contributed by atoms with Crippen LogP contribution in [-0.2, 0) is 4.79 Å². The fraction of sp³-hybridized carbons (Fsp3) is 0.400. The molecule has 0 bridgehead atoms. The maximum Gasteiger partial charge on any atom is 0.241 e. The number of aromatic nitrogens is 2. The van der Waals surface area contributed by atoms with Crippen LogP contribution in [-0.4, -0.2) is 48.0 Å². The van der Waals surface area contributed by atoms with E-state index in [2.05, 4.69) is 16.9 Å². The highest BCUT2D eigenvalue weighted by atomic mass is 16.2. The fourth-order valence-electron chi connectivity index (χ4n) is 2.15. The zero-order valence-electron chi connectivity index (χ0n) is 12.7. The average molecular weight is 287 g/mol. The van der Waals surface area contributed by atoms with Crippen LogP contribution in [0.5, 0.6) is 0 Å². The van der Waals surface area contributed by atoms with Gasteiger partial charge in [-0.1, -0.05) is 6.92 Å². The summed E-state index contributed by atoms with van der Waals surface area (Å²) in [4.78, 5) is 24.2. The van der Waals surface area contributed by atoms with Crippen LogP contribution in [0.25, 0.3) is 10.9 Å². The predicted octanol–water partition coefficient (Wildman–Crippen LogP) is 1.52. The highest BCUT2D eigenvalue weighted by molar-refractivity contribution is 5.92. The first-order valence-electron chi connectivity index (χ1n) is 6.98. The molecule has 0 saturated heterocycles. The van der Waals surface area contributed by atoms with Crippen molar-refractivity contribution >= 4 is 28.3 Å². The summed E-state index contributed by atoms with van der Waals surface area (Å²) in [5, 5.41) is 0.909. The first-order chi connectivity index (χ1) is 10.0. The van der Waals surface area contributed by atoms with Crippen molar-refractivity contribution in [1.82, 2.24) is 14.9 Å². The van der Waals surface area contributed by atoms with Gasteiger partial charge in [0.1, 0.15) is 12.1 Å². The number of amides is 1. The summed E-state index contributed by atoms with van der Waals surface area (Å²) >= 11 is 0. The molecule has 0 spiro atoms. The molecule has 0 radical (unpaired) electrons. The molecular weight excluding hydrogens is 266 g/mol. The summed E-state index contributed by atoms with van der Waals surface area (Å²) in [6.45, 7) is 3.14. The Morgan fingerprint density at radius 2 is 2.05 bits per heavy atom. The van der Waals surface area contributed by atoms with E-state index >= 15 is 0 Å². The Labute approximate surface area is 124 Å². The normalized spacial score (nSPS) is 10.6. The maximum absolute atomic E-state index is 12.0. The highest BCUT2D eigenvalue weighted by Gasteiger charge is 2.16. The molecular formula is C15H21N5O. The number of anilines is 2. The zero-order chi connectivity index (χ0) is 15.4. The lowest BCUT2D eigenvalue weighted by Gasteiger charge is -2.25. The number of fused-ring (bicyclic) bond motifs is 1. The number of nitrogen functional groups attached to an aromatic ring is 1. The highest BCUT2D eigenvalue weighted by Crippen LogP contribution is 2.24. The lowest BCUT2D eigenvalue weighted by atomic mass is 10.2. The van der Waals surface area contributed by atoms with Crippen LogP contribution >= 0.6 is 0 Å². The third kappa shape index (κ3) is 3.39. The van der Waals surface area contributed by atoms with Crippen LogP contribution in [0, 0.1) is 0 Å². The molecule has 0 fully saturated rings. The van der Waals surface area contributed by atoms with Crippen LogP contribution in [0.4, 0.5) is 11.5 Å². The fourth-order valence-corrected chi connectivity index (χ4v) is 2.15. The second kappa shape index (κ2) is 6.39. The van der Waals surface area contributed by atoms with Crippen molar-refractivity contribution in [3.8, 4) is 0 Å². The summed E-state index contributed by atoms with van der Waals surface area (Å²) in [5.74, 6) is 0.822. The smallest absolute Gasteiger partial charge is 0.241 e. The number of nitrogens with zero attached hydrogens (tertiary/aromatic N) is 4. The van der Waals surface area contributed by atoms with E-state index < -0.39 is 0 Å². The SMILES string of the molecule is CCCN(CC(=O)N(C)C)c1ncnc2cc(N)ccc12. The first kappa shape index (κ1) is 15.0. The van der Waals surface area contributed by atoms with Crippen molar-refractivity contribution < 1.29 is 4.79 Å². The first-order valence-corrected chi connectivity index (χ1v) is 6.98. The van der Waals surface area contributed by atoms with Gasteiger partial charge in [0.25, 0.3) is 0 Å². The molecule has 2 N–H and O–H groups in total. The van der Waals surface area contributed by atoms with Crippen LogP contribution in [0.3, 0.4) is 0 Å². The van der Waals surface area contributed by atoms with Crippen LogP contribution in [0.1, 0.15) is 13.3 Å². The van der Waals surface area contributed by atoms with Gasteiger partial charge in [-0.05, 0) is 24.6 Å². The van der Waals surface area contributed by atoms with Gasteiger partial charge in [-0.15, -0.1) is 0 Å². The molecule has 0 saturated carbocycles. The molecule has 1 aromatic heterocycles. The van der Waals surface area contributed by atoms with Crippen molar-refractivity contribution in [2.75, 3.05) is 37.8 Å². The molecule has 2 aromatic rings. The van der Waals surface area contributed by atoms with E-state index in [9.17, 15) is 4.79 Å². The molecule has 21 heavy (non-hydrogen) atoms. The number of likely N-dealkylation sites (N-methyl/N-ethyl adjacent to an activating group) is 1. The number of hydrogen-bond acceptors (Lipinski definition) is 5. The molecule has 0 atom stereocenters. The van der Waals surface area contributed by atoms with Crippen molar-refractivity contribution in [2.24, 2.45) is 0 Å². The Morgan fingerprint density at radius 1 is 1.29 bits per heavy atom. The monoisotopic (exact) mass is 287 g/mol. The van der Waals surface area contributed by atoms with Gasteiger partial charge in [-0.2, -0.15) is 0 Å². The van der Waals surface area contributed by atoms with Crippen molar-refractivity contribution in [3.63, 3.8) is 0 Å². The molecule has 0 aliphatic heterocycles. The molecule has 0 unspecified atom stereocenters. The Kier molecular flexibility index (Phi) is 4.57. The summed E-state index contributed by atoms with van der Waals surface area (Å²) in [6.07, 6.45) is 2.45. The van der Waals surface area contributed by atoms with Crippen LogP contribution in [0.15, 0.2) is 24.5 Å². The largest absolute Gasteiger partial charge is 0.399 e. The average Bonchev–Trinajstić information content (AvgIpc) is 2.45. The van der Waals surface area contributed by atoms with Gasteiger partial charge in [0.2, 0.25) is 5.91 Å². The summed E-state index contributed by atoms with van der Waals surface area (Å²) in [6, 6.07) is 5.55. The molecule has 0 aliphatic carbocycles. The second-order valence-corrected chi connectivity index (χ2v) is 5.18. The number of carbonyl (C=O) groups excluding carboxylic acids is 1. The van der Waals surface area contributed by atoms with Gasteiger partial charge in [-0.3, -0.25) is 4.79 Å². The quantitative estimate of drug-likeness (QED) is 0.844. The Morgan fingerprint density at radius 3 is 2.71 bits per heavy atom. The number of carbonyl (C=O) groups is 1. The maximum atomic E-state index is 12.0. The van der Waals surface area contributed by atoms with Gasteiger partial charge >= 0.3 is 0 Å². The molecule has 1 heterocycles. The predicted molar refractivity (Wildman–Crippen MR) is 85.1 cm³/mol. The number of nitrogens with two attached hydrogens (primary N) is 1. The Balaban J connectivity index is 2.42. The number of rotatable bonds is 5. The van der Waals surface area contributed by atoms with Crippen molar-refractivity contribution in [3.05, 3.63) is 24.5 Å². The topological polar surface area (TPSA) is 75.4 Å². The zero-order valence-corrected chi connectivity index (χ0v) is 12.7. The van der Waals surface area contributed by atoms with Crippen molar-refractivity contribution in [1.29, 1.82) is 0 Å². The molecule has 1 amide bonds. The third-order valence-corrected chi connectivity index (χ3v) is 3.26. The van der Waals surface area contributed by atoms with E-state index in [4.69, 9.17) is 5.73 Å². The second-order valence-electron chi connectivity index (χ2n) is 5.18. The molecule has 6 heteroatoms. The molecule has 0 aliphatic rings. The van der Waals surface area contributed by atoms with Gasteiger partial charge in [0.15, 0.2) is 0 Å². The third-order valence-electron chi connectivity index (χ3n) is 3.26. The summed E-state index contributed by atoms with van der Waals surface area (Å²) in [5.41, 5.74) is 7.25. The van der Waals surface area contributed by atoms with Gasteiger partial charge in [-0.25, -0.2) is 9.97 Å². The lowest BCUT2D eigenvalue weighted by molar-refractivity contribution is -0.127. The standard InChI is InChI=1S/C15H21N5O/c1-4-7-20(9-14(21)19(2)3)15-12-6-5-11(16)8-13(12)17-10-18-15/h5-6,8,10H,4,7,9,16H2,1-3H3. The minimum Gasteiger partial charge on any atom is -0.399 e. The molecule has 112 valence electrons. The Bertz CT molecular complexity index is 641. The molecule has 6 nitrogen and oxygen atoms in total. The van der Waals surface area contributed by atoms with Gasteiger partial charge in [0.05, 0.1) is 12.1 Å². The van der Waals surface area contributed by atoms with Crippen molar-refractivity contribution in [2.45, 2.75) is 13.3 Å². The van der Waals surface area contributed by atoms with Gasteiger partial charge < -0.3 is 15.5 Å². The lowest BCUT2D eigenvalue weighted by Crippen LogP contribution is -2.37. The van der Waals surface area contributed by atoms with Gasteiger partial charge in [0, 0.05) is 31.7 Å². The van der Waals surface area contributed by atoms with Crippen LogP contribution in [0.2, 0.25) is 0 Å². The Hall–Kier alpha value is -2.37. The molecule has 1 aromatic carbocycles. The minimum atomic E-state index is 0.0469. The minimum absolute atomic E-state index is 0.0469. The molecule has 2 rings (SSSR count). The summed E-state index contributed by atoms with van der Waals surface area (Å²) < 4.78 is 0. The van der Waals surface area contributed by atoms with E-state index in [1.165, 1.54) is 6.33 Å². The van der Waals surface area contributed by atoms with E-state index in [0.717, 1.165) is 29.7 Å². The van der Waals surface area contributed by atoms with E-state index in [0.29, 0.717) is 12.2 Å². The number of benzene rings is 1.